The largest absolute Gasteiger partial charge is 0.463 e. The zero-order valence-electron chi connectivity index (χ0n) is 17.0. The first kappa shape index (κ1) is 22.5. The molecule has 1 aliphatic heterocycles. The lowest BCUT2D eigenvalue weighted by Gasteiger charge is -2.60. The van der Waals surface area contributed by atoms with Crippen LogP contribution in [0.25, 0.3) is 0 Å². The lowest BCUT2D eigenvalue weighted by molar-refractivity contribution is -0.188. The number of nitrogens with one attached hydrogen (secondary N) is 2. The summed E-state index contributed by atoms with van der Waals surface area (Å²) < 4.78 is 11.6. The first-order valence-electron chi connectivity index (χ1n) is 9.71. The van der Waals surface area contributed by atoms with Crippen molar-refractivity contribution in [1.82, 2.24) is 10.6 Å². The fraction of sp³-hybridized carbons (Fsp3) is 0.750. The molecule has 0 radical (unpaired) electrons. The van der Waals surface area contributed by atoms with E-state index < -0.39 is 5.60 Å². The maximum atomic E-state index is 10.7. The van der Waals surface area contributed by atoms with Crippen LogP contribution >= 0.6 is 24.0 Å². The number of aliphatic hydroxyl groups is 1. The standard InChI is InChI=1S/C20H33N3O3.HI/c1-6-21-18(22-12-20(5,24)15-10-9-13(2)26-15)23-16-14-8-7-11-25-17(14)19(16,3)4;/h9-10,14,16-17,24H,6-8,11-12H2,1-5H3,(H2,21,22,23);1H. The number of aliphatic imine (C=N–C) groups is 1. The van der Waals surface area contributed by atoms with Crippen LogP contribution in [0.1, 0.15) is 52.1 Å². The number of nitrogens with zero attached hydrogens (tertiary/aromatic N) is 1. The third-order valence-electron chi connectivity index (χ3n) is 5.78. The molecule has 154 valence electrons. The van der Waals surface area contributed by atoms with E-state index in [0.29, 0.717) is 23.8 Å². The van der Waals surface area contributed by atoms with E-state index in [1.54, 1.807) is 6.92 Å². The van der Waals surface area contributed by atoms with Gasteiger partial charge < -0.3 is 24.9 Å². The second kappa shape index (κ2) is 8.69. The quantitative estimate of drug-likeness (QED) is 0.335. The molecule has 1 aromatic heterocycles. The molecule has 1 aliphatic carbocycles. The van der Waals surface area contributed by atoms with E-state index in [4.69, 9.17) is 9.15 Å². The summed E-state index contributed by atoms with van der Waals surface area (Å²) in [7, 11) is 0. The molecule has 27 heavy (non-hydrogen) atoms. The Morgan fingerprint density at radius 1 is 1.41 bits per heavy atom. The first-order valence-corrected chi connectivity index (χ1v) is 9.71. The average molecular weight is 491 g/mol. The van der Waals surface area contributed by atoms with E-state index >= 15 is 0 Å². The Morgan fingerprint density at radius 3 is 2.78 bits per heavy atom. The third kappa shape index (κ3) is 4.62. The van der Waals surface area contributed by atoms with Crippen LogP contribution < -0.4 is 10.6 Å². The number of hydrogen-bond donors (Lipinski definition) is 3. The van der Waals surface area contributed by atoms with Gasteiger partial charge in [0, 0.05) is 30.5 Å². The molecule has 7 heteroatoms. The number of fused-ring (bicyclic) bond motifs is 1. The number of rotatable bonds is 5. The number of hydrogen-bond acceptors (Lipinski definition) is 4. The van der Waals surface area contributed by atoms with Crippen molar-refractivity contribution in [2.75, 3.05) is 19.7 Å². The van der Waals surface area contributed by atoms with Gasteiger partial charge in [-0.2, -0.15) is 0 Å². The van der Waals surface area contributed by atoms with Gasteiger partial charge in [0.1, 0.15) is 17.1 Å². The number of furan rings is 1. The molecule has 4 atom stereocenters. The van der Waals surface area contributed by atoms with E-state index in [-0.39, 0.29) is 35.9 Å². The molecular formula is C20H34IN3O3. The molecule has 1 aromatic rings. The maximum Gasteiger partial charge on any atom is 0.191 e. The highest BCUT2D eigenvalue weighted by Gasteiger charge is 2.58. The van der Waals surface area contributed by atoms with Crippen LogP contribution in [0.4, 0.5) is 0 Å². The van der Waals surface area contributed by atoms with Crippen LogP contribution in [-0.2, 0) is 10.3 Å². The fourth-order valence-corrected chi connectivity index (χ4v) is 4.32. The lowest BCUT2D eigenvalue weighted by atomic mass is 9.55. The molecule has 3 N–H and O–H groups in total. The Balaban J connectivity index is 0.00000261. The Bertz CT molecular complexity index is 657. The van der Waals surface area contributed by atoms with Crippen molar-refractivity contribution in [1.29, 1.82) is 0 Å². The zero-order valence-corrected chi connectivity index (χ0v) is 19.4. The molecule has 0 amide bonds. The first-order chi connectivity index (χ1) is 12.3. The predicted molar refractivity (Wildman–Crippen MR) is 118 cm³/mol. The highest BCUT2D eigenvalue weighted by molar-refractivity contribution is 14.0. The van der Waals surface area contributed by atoms with Crippen molar-refractivity contribution in [3.8, 4) is 0 Å². The highest BCUT2D eigenvalue weighted by Crippen LogP contribution is 2.51. The summed E-state index contributed by atoms with van der Waals surface area (Å²) in [5, 5.41) is 17.6. The van der Waals surface area contributed by atoms with Crippen molar-refractivity contribution in [3.05, 3.63) is 23.7 Å². The smallest absolute Gasteiger partial charge is 0.191 e. The summed E-state index contributed by atoms with van der Waals surface area (Å²) in [6.45, 7) is 12.0. The van der Waals surface area contributed by atoms with Gasteiger partial charge in [0.2, 0.25) is 0 Å². The molecule has 2 heterocycles. The van der Waals surface area contributed by atoms with Gasteiger partial charge in [-0.1, -0.05) is 13.8 Å². The van der Waals surface area contributed by atoms with Crippen LogP contribution in [0.15, 0.2) is 21.5 Å². The molecule has 6 nitrogen and oxygen atoms in total. The van der Waals surface area contributed by atoms with Gasteiger partial charge in [-0.05, 0) is 45.7 Å². The molecule has 2 aliphatic rings. The Labute approximate surface area is 179 Å². The van der Waals surface area contributed by atoms with Crippen molar-refractivity contribution in [3.63, 3.8) is 0 Å². The van der Waals surface area contributed by atoms with E-state index in [1.165, 1.54) is 6.42 Å². The van der Waals surface area contributed by atoms with Crippen LogP contribution in [0.5, 0.6) is 0 Å². The Hall–Kier alpha value is -0.800. The number of halogens is 1. The average Bonchev–Trinajstić information content (AvgIpc) is 3.04. The van der Waals surface area contributed by atoms with E-state index in [0.717, 1.165) is 31.3 Å². The van der Waals surface area contributed by atoms with E-state index in [2.05, 4.69) is 29.5 Å². The number of guanidine groups is 1. The predicted octanol–water partition coefficient (Wildman–Crippen LogP) is 3.17. The normalized spacial score (nSPS) is 29.0. The minimum absolute atomic E-state index is 0. The Morgan fingerprint density at radius 2 is 2.15 bits per heavy atom. The van der Waals surface area contributed by atoms with Crippen LogP contribution in [0.2, 0.25) is 0 Å². The molecule has 0 aromatic carbocycles. The van der Waals surface area contributed by atoms with Gasteiger partial charge in [-0.15, -0.1) is 24.0 Å². The van der Waals surface area contributed by atoms with Gasteiger partial charge in [-0.25, -0.2) is 4.99 Å². The van der Waals surface area contributed by atoms with E-state index in [9.17, 15) is 5.11 Å². The molecule has 1 saturated carbocycles. The van der Waals surface area contributed by atoms with Crippen LogP contribution in [0.3, 0.4) is 0 Å². The molecular weight excluding hydrogens is 457 g/mol. The molecule has 1 saturated heterocycles. The number of ether oxygens (including phenoxy) is 1. The molecule has 3 rings (SSSR count). The van der Waals surface area contributed by atoms with Crippen LogP contribution in [-0.4, -0.2) is 42.9 Å². The lowest BCUT2D eigenvalue weighted by Crippen LogP contribution is -2.71. The second-order valence-corrected chi connectivity index (χ2v) is 8.42. The van der Waals surface area contributed by atoms with Crippen molar-refractivity contribution in [2.24, 2.45) is 16.3 Å². The fourth-order valence-electron chi connectivity index (χ4n) is 4.32. The Kier molecular flexibility index (Phi) is 7.24. The van der Waals surface area contributed by atoms with Gasteiger partial charge in [0.15, 0.2) is 5.96 Å². The molecule has 4 unspecified atom stereocenters. The summed E-state index contributed by atoms with van der Waals surface area (Å²) in [5.74, 6) is 2.59. The minimum atomic E-state index is -1.14. The summed E-state index contributed by atoms with van der Waals surface area (Å²) >= 11 is 0. The van der Waals surface area contributed by atoms with Crippen molar-refractivity contribution >= 4 is 29.9 Å². The third-order valence-corrected chi connectivity index (χ3v) is 5.78. The van der Waals surface area contributed by atoms with E-state index in [1.807, 2.05) is 26.0 Å². The summed E-state index contributed by atoms with van der Waals surface area (Å²) in [6, 6.07) is 3.99. The summed E-state index contributed by atoms with van der Waals surface area (Å²) in [5.41, 5.74) is -1.07. The van der Waals surface area contributed by atoms with Crippen molar-refractivity contribution in [2.45, 2.75) is 65.2 Å². The molecule has 0 bridgehead atoms. The van der Waals surface area contributed by atoms with Gasteiger partial charge >= 0.3 is 0 Å². The zero-order chi connectivity index (χ0) is 18.9. The SMILES string of the molecule is CCNC(=NCC(C)(O)c1ccc(C)o1)NC1C2CCCOC2C1(C)C.I. The topological polar surface area (TPSA) is 79.0 Å². The summed E-state index contributed by atoms with van der Waals surface area (Å²) in [4.78, 5) is 4.64. The molecule has 2 fully saturated rings. The highest BCUT2D eigenvalue weighted by atomic mass is 127. The van der Waals surface area contributed by atoms with Crippen molar-refractivity contribution < 1.29 is 14.3 Å². The monoisotopic (exact) mass is 491 g/mol. The number of aryl methyl sites for hydroxylation is 1. The minimum Gasteiger partial charge on any atom is -0.463 e. The van der Waals surface area contributed by atoms with Gasteiger partial charge in [0.25, 0.3) is 0 Å². The maximum absolute atomic E-state index is 10.7. The van der Waals surface area contributed by atoms with Crippen LogP contribution in [0, 0.1) is 18.3 Å². The molecule has 0 spiro atoms. The van der Waals surface area contributed by atoms with Gasteiger partial charge in [0.05, 0.1) is 12.6 Å². The van der Waals surface area contributed by atoms with Gasteiger partial charge in [-0.3, -0.25) is 0 Å². The summed E-state index contributed by atoms with van der Waals surface area (Å²) in [6.07, 6.45) is 2.63. The second-order valence-electron chi connectivity index (χ2n) is 8.42.